The van der Waals surface area contributed by atoms with Crippen molar-refractivity contribution >= 4 is 29.0 Å². The minimum absolute atomic E-state index is 0.0789. The first-order chi connectivity index (χ1) is 9.53. The fourth-order valence-corrected chi connectivity index (χ4v) is 1.86. The van der Waals surface area contributed by atoms with Crippen LogP contribution in [0.3, 0.4) is 0 Å². The van der Waals surface area contributed by atoms with Gasteiger partial charge in [-0.05, 0) is 6.07 Å². The van der Waals surface area contributed by atoms with Gasteiger partial charge in [0.25, 0.3) is 0 Å². The van der Waals surface area contributed by atoms with Crippen molar-refractivity contribution in [2.75, 3.05) is 44.0 Å². The number of carbonyl (C=O) groups is 1. The number of hydrogen-bond donors (Lipinski definition) is 5. The van der Waals surface area contributed by atoms with E-state index in [1.807, 2.05) is 0 Å². The number of rotatable bonds is 6. The SMILES string of the molecule is CNc1cc(O)c(NC(=O)N(CCO)CCO)cc1Cl. The number of aliphatic hydroxyl groups excluding tert-OH is 2. The summed E-state index contributed by atoms with van der Waals surface area (Å²) in [5.41, 5.74) is 0.685. The molecule has 0 aliphatic heterocycles. The minimum atomic E-state index is -0.545. The molecule has 0 radical (unpaired) electrons. The van der Waals surface area contributed by atoms with Gasteiger partial charge in [0.2, 0.25) is 0 Å². The highest BCUT2D eigenvalue weighted by atomic mass is 35.5. The van der Waals surface area contributed by atoms with Gasteiger partial charge in [-0.25, -0.2) is 4.79 Å². The standard InChI is InChI=1S/C12H18ClN3O4/c1-14-9-7-11(19)10(6-8(9)13)15-12(20)16(2-4-17)3-5-18/h6-7,14,17-19H,2-5H2,1H3,(H,15,20). The van der Waals surface area contributed by atoms with Crippen molar-refractivity contribution in [3.8, 4) is 5.75 Å². The van der Waals surface area contributed by atoms with Crippen LogP contribution in [0.15, 0.2) is 12.1 Å². The Morgan fingerprint density at radius 2 is 1.85 bits per heavy atom. The molecular formula is C12H18ClN3O4. The summed E-state index contributed by atoms with van der Waals surface area (Å²) in [4.78, 5) is 13.2. The molecule has 0 heterocycles. The Labute approximate surface area is 121 Å². The number of phenols is 1. The Morgan fingerprint density at radius 3 is 2.35 bits per heavy atom. The van der Waals surface area contributed by atoms with Gasteiger partial charge in [-0.3, -0.25) is 0 Å². The summed E-state index contributed by atoms with van der Waals surface area (Å²) < 4.78 is 0. The highest BCUT2D eigenvalue weighted by Gasteiger charge is 2.15. The molecule has 0 bridgehead atoms. The average molecular weight is 304 g/mol. The summed E-state index contributed by atoms with van der Waals surface area (Å²) in [6.07, 6.45) is 0. The summed E-state index contributed by atoms with van der Waals surface area (Å²) >= 11 is 5.97. The van der Waals surface area contributed by atoms with Crippen LogP contribution in [0.25, 0.3) is 0 Å². The molecule has 1 aromatic carbocycles. The topological polar surface area (TPSA) is 105 Å². The van der Waals surface area contributed by atoms with Gasteiger partial charge < -0.3 is 30.9 Å². The zero-order valence-corrected chi connectivity index (χ0v) is 11.8. The Kier molecular flexibility index (Phi) is 6.37. The number of anilines is 2. The first-order valence-electron chi connectivity index (χ1n) is 6.01. The van der Waals surface area contributed by atoms with Crippen LogP contribution in [-0.2, 0) is 0 Å². The molecule has 20 heavy (non-hydrogen) atoms. The lowest BCUT2D eigenvalue weighted by atomic mass is 10.2. The third kappa shape index (κ3) is 4.16. The Balaban J connectivity index is 2.86. The van der Waals surface area contributed by atoms with Gasteiger partial charge in [0.1, 0.15) is 5.75 Å². The second-order valence-electron chi connectivity index (χ2n) is 3.96. The van der Waals surface area contributed by atoms with Crippen LogP contribution in [0.1, 0.15) is 0 Å². The number of aromatic hydroxyl groups is 1. The molecule has 0 spiro atoms. The summed E-state index contributed by atoms with van der Waals surface area (Å²) in [6.45, 7) is -0.289. The van der Waals surface area contributed by atoms with Crippen molar-refractivity contribution in [2.45, 2.75) is 0 Å². The molecule has 0 unspecified atom stereocenters. The summed E-state index contributed by atoms with van der Waals surface area (Å²) in [6, 6.07) is 2.26. The van der Waals surface area contributed by atoms with Crippen molar-refractivity contribution in [1.29, 1.82) is 0 Å². The van der Waals surface area contributed by atoms with E-state index < -0.39 is 6.03 Å². The van der Waals surface area contributed by atoms with Gasteiger partial charge in [-0.1, -0.05) is 11.6 Å². The predicted octanol–water partition coefficient (Wildman–Crippen LogP) is 0.906. The van der Waals surface area contributed by atoms with Crippen LogP contribution in [0.2, 0.25) is 5.02 Å². The first-order valence-corrected chi connectivity index (χ1v) is 6.39. The number of hydrogen-bond acceptors (Lipinski definition) is 5. The van der Waals surface area contributed by atoms with Crippen LogP contribution in [0.4, 0.5) is 16.2 Å². The predicted molar refractivity (Wildman–Crippen MR) is 77.4 cm³/mol. The van der Waals surface area contributed by atoms with Gasteiger partial charge in [0.15, 0.2) is 0 Å². The molecule has 0 aliphatic carbocycles. The van der Waals surface area contributed by atoms with Crippen molar-refractivity contribution < 1.29 is 20.1 Å². The van der Waals surface area contributed by atoms with Gasteiger partial charge in [-0.2, -0.15) is 0 Å². The third-order valence-corrected chi connectivity index (χ3v) is 2.94. The number of aliphatic hydroxyl groups is 2. The number of nitrogens with zero attached hydrogens (tertiary/aromatic N) is 1. The zero-order chi connectivity index (χ0) is 15.1. The highest BCUT2D eigenvalue weighted by molar-refractivity contribution is 6.33. The summed E-state index contributed by atoms with van der Waals surface area (Å²) in [5.74, 6) is -0.139. The number of urea groups is 1. The average Bonchev–Trinajstić information content (AvgIpc) is 2.42. The van der Waals surface area contributed by atoms with Gasteiger partial charge in [0, 0.05) is 26.2 Å². The number of nitrogens with one attached hydrogen (secondary N) is 2. The number of benzene rings is 1. The molecule has 0 saturated carbocycles. The normalized spacial score (nSPS) is 10.2. The third-order valence-electron chi connectivity index (χ3n) is 2.62. The smallest absolute Gasteiger partial charge is 0.322 e. The first kappa shape index (κ1) is 16.4. The molecule has 0 atom stereocenters. The van der Waals surface area contributed by atoms with Gasteiger partial charge in [-0.15, -0.1) is 0 Å². The Hall–Kier alpha value is -1.70. The van der Waals surface area contributed by atoms with E-state index in [-0.39, 0.29) is 37.7 Å². The van der Waals surface area contributed by atoms with Crippen molar-refractivity contribution in [3.05, 3.63) is 17.2 Å². The van der Waals surface area contributed by atoms with Gasteiger partial charge in [0.05, 0.1) is 29.6 Å². The zero-order valence-electron chi connectivity index (χ0n) is 11.1. The molecule has 0 aliphatic rings. The molecule has 7 nitrogen and oxygen atoms in total. The fourth-order valence-electron chi connectivity index (χ4n) is 1.60. The molecule has 0 fully saturated rings. The molecule has 8 heteroatoms. The molecule has 2 amide bonds. The van der Waals surface area contributed by atoms with Crippen molar-refractivity contribution in [2.24, 2.45) is 0 Å². The number of amides is 2. The van der Waals surface area contributed by atoms with Gasteiger partial charge >= 0.3 is 6.03 Å². The lowest BCUT2D eigenvalue weighted by Crippen LogP contribution is -2.38. The molecule has 5 N–H and O–H groups in total. The molecule has 112 valence electrons. The highest BCUT2D eigenvalue weighted by Crippen LogP contribution is 2.33. The number of carbonyl (C=O) groups excluding carboxylic acids is 1. The Bertz CT molecular complexity index is 464. The second kappa shape index (κ2) is 7.78. The van der Waals surface area contributed by atoms with Crippen LogP contribution in [0.5, 0.6) is 5.75 Å². The molecular weight excluding hydrogens is 286 g/mol. The van der Waals surface area contributed by atoms with E-state index in [2.05, 4.69) is 10.6 Å². The molecule has 1 aromatic rings. The summed E-state index contributed by atoms with van der Waals surface area (Å²) in [7, 11) is 1.66. The van der Waals surface area contributed by atoms with E-state index in [1.165, 1.54) is 17.0 Å². The second-order valence-corrected chi connectivity index (χ2v) is 4.37. The molecule has 0 aromatic heterocycles. The number of halogens is 1. The molecule has 0 saturated heterocycles. The summed E-state index contributed by atoms with van der Waals surface area (Å²) in [5, 5.41) is 33.2. The maximum atomic E-state index is 11.9. The van der Waals surface area contributed by atoms with Crippen molar-refractivity contribution in [3.63, 3.8) is 0 Å². The monoisotopic (exact) mass is 303 g/mol. The van der Waals surface area contributed by atoms with Crippen LogP contribution >= 0.6 is 11.6 Å². The van der Waals surface area contributed by atoms with E-state index in [4.69, 9.17) is 21.8 Å². The van der Waals surface area contributed by atoms with Crippen LogP contribution < -0.4 is 10.6 Å². The number of phenolic OH excluding ortho intramolecular Hbond substituents is 1. The maximum absolute atomic E-state index is 11.9. The lowest BCUT2D eigenvalue weighted by molar-refractivity contribution is 0.167. The fraction of sp³-hybridized carbons (Fsp3) is 0.417. The molecule has 1 rings (SSSR count). The lowest BCUT2D eigenvalue weighted by Gasteiger charge is -2.21. The minimum Gasteiger partial charge on any atom is -0.506 e. The van der Waals surface area contributed by atoms with E-state index in [0.717, 1.165) is 0 Å². The van der Waals surface area contributed by atoms with E-state index >= 15 is 0 Å². The van der Waals surface area contributed by atoms with E-state index in [1.54, 1.807) is 7.05 Å². The quantitative estimate of drug-likeness (QED) is 0.502. The van der Waals surface area contributed by atoms with E-state index in [9.17, 15) is 9.90 Å². The van der Waals surface area contributed by atoms with Crippen LogP contribution in [-0.4, -0.2) is 59.6 Å². The Morgan fingerprint density at radius 1 is 1.25 bits per heavy atom. The van der Waals surface area contributed by atoms with Crippen molar-refractivity contribution in [1.82, 2.24) is 4.90 Å². The maximum Gasteiger partial charge on any atom is 0.322 e. The largest absolute Gasteiger partial charge is 0.506 e. The van der Waals surface area contributed by atoms with Crippen LogP contribution in [0, 0.1) is 0 Å². The van der Waals surface area contributed by atoms with E-state index in [0.29, 0.717) is 10.7 Å².